The van der Waals surface area contributed by atoms with Crippen molar-refractivity contribution in [2.75, 3.05) is 0 Å². The Morgan fingerprint density at radius 1 is 1.06 bits per heavy atom. The molecule has 0 heterocycles. The fourth-order valence-corrected chi connectivity index (χ4v) is 3.09. The molecule has 0 aromatic carbocycles. The second-order valence-corrected chi connectivity index (χ2v) is 12.5. The molecule has 0 saturated heterocycles. The fraction of sp³-hybridized carbons (Fsp3) is 0.875. The highest BCUT2D eigenvalue weighted by molar-refractivity contribution is 6.83. The van der Waals surface area contributed by atoms with Crippen LogP contribution in [0.5, 0.6) is 0 Å². The molecule has 0 spiro atoms. The van der Waals surface area contributed by atoms with Crippen molar-refractivity contribution in [3.63, 3.8) is 0 Å². The van der Waals surface area contributed by atoms with Crippen LogP contribution in [0.3, 0.4) is 0 Å². The molecule has 1 nitrogen and oxygen atoms in total. The molecular weight excluding hydrogens is 234 g/mol. The van der Waals surface area contributed by atoms with Crippen molar-refractivity contribution in [2.24, 2.45) is 5.92 Å². The number of rotatable bonds is 2. The second-order valence-electron chi connectivity index (χ2n) is 7.79. The van der Waals surface area contributed by atoms with E-state index < -0.39 is 8.07 Å². The molecule has 1 N–H and O–H groups in total. The summed E-state index contributed by atoms with van der Waals surface area (Å²) in [5.74, 6) is 4.35. The maximum absolute atomic E-state index is 3.75. The van der Waals surface area contributed by atoms with Gasteiger partial charge in [-0.05, 0) is 39.5 Å². The van der Waals surface area contributed by atoms with Crippen molar-refractivity contribution >= 4 is 8.07 Å². The smallest absolute Gasteiger partial charge is 0.129 e. The Kier molecular flexibility index (Phi) is 5.49. The Labute approximate surface area is 115 Å². The van der Waals surface area contributed by atoms with Crippen LogP contribution in [0.15, 0.2) is 0 Å². The Balaban J connectivity index is 2.76. The highest BCUT2D eigenvalue weighted by Crippen LogP contribution is 2.27. The van der Waals surface area contributed by atoms with Gasteiger partial charge in [0.25, 0.3) is 0 Å². The van der Waals surface area contributed by atoms with Gasteiger partial charge in [0.2, 0.25) is 0 Å². The van der Waals surface area contributed by atoms with Crippen LogP contribution in [0.4, 0.5) is 0 Å². The number of hydrogen-bond acceptors (Lipinski definition) is 1. The van der Waals surface area contributed by atoms with E-state index in [1.165, 1.54) is 32.1 Å². The van der Waals surface area contributed by atoms with E-state index in [1.807, 2.05) is 0 Å². The molecule has 0 radical (unpaired) electrons. The van der Waals surface area contributed by atoms with E-state index in [2.05, 4.69) is 57.2 Å². The zero-order chi connectivity index (χ0) is 13.8. The van der Waals surface area contributed by atoms with Gasteiger partial charge in [-0.1, -0.05) is 44.8 Å². The van der Waals surface area contributed by atoms with Crippen LogP contribution in [0.1, 0.15) is 52.9 Å². The first-order valence-electron chi connectivity index (χ1n) is 7.48. The minimum absolute atomic E-state index is 0.163. The Bertz CT molecular complexity index is 305. The molecule has 2 heteroatoms. The van der Waals surface area contributed by atoms with E-state index in [-0.39, 0.29) is 5.54 Å². The molecule has 0 aliphatic heterocycles. The summed E-state index contributed by atoms with van der Waals surface area (Å²) in [6, 6.07) is 0.400. The van der Waals surface area contributed by atoms with E-state index in [0.29, 0.717) is 6.04 Å². The van der Waals surface area contributed by atoms with Gasteiger partial charge in [0.15, 0.2) is 0 Å². The normalized spacial score (nSPS) is 20.1. The standard InChI is InChI=1S/C16H31NSi/c1-16(2,3)17-15(12-13-18(4,5)6)14-10-8-7-9-11-14/h14-15,17H,7-11H2,1-6H3. The van der Waals surface area contributed by atoms with E-state index in [1.54, 1.807) is 0 Å². The molecule has 1 aliphatic rings. The Morgan fingerprint density at radius 3 is 2.06 bits per heavy atom. The number of nitrogens with one attached hydrogen (secondary N) is 1. The average molecular weight is 266 g/mol. The first-order chi connectivity index (χ1) is 8.17. The van der Waals surface area contributed by atoms with E-state index in [0.717, 1.165) is 5.92 Å². The van der Waals surface area contributed by atoms with Gasteiger partial charge < -0.3 is 0 Å². The van der Waals surface area contributed by atoms with Crippen molar-refractivity contribution in [1.29, 1.82) is 0 Å². The van der Waals surface area contributed by atoms with Crippen molar-refractivity contribution in [1.82, 2.24) is 5.32 Å². The highest BCUT2D eigenvalue weighted by atomic mass is 28.3. The van der Waals surface area contributed by atoms with Gasteiger partial charge in [0.1, 0.15) is 8.07 Å². The molecule has 1 atom stereocenters. The van der Waals surface area contributed by atoms with Gasteiger partial charge in [-0.2, -0.15) is 0 Å². The van der Waals surface area contributed by atoms with Crippen molar-refractivity contribution in [3.8, 4) is 11.5 Å². The summed E-state index contributed by atoms with van der Waals surface area (Å²) in [5, 5.41) is 3.75. The first-order valence-corrected chi connectivity index (χ1v) is 11.0. The molecule has 1 aliphatic carbocycles. The van der Waals surface area contributed by atoms with Crippen LogP contribution in [0.2, 0.25) is 19.6 Å². The minimum Gasteiger partial charge on any atom is -0.299 e. The summed E-state index contributed by atoms with van der Waals surface area (Å²) < 4.78 is 0. The lowest BCUT2D eigenvalue weighted by Gasteiger charge is -2.33. The van der Waals surface area contributed by atoms with Crippen LogP contribution in [-0.4, -0.2) is 19.7 Å². The Morgan fingerprint density at radius 2 is 1.61 bits per heavy atom. The Hall–Kier alpha value is -0.263. The zero-order valence-corrected chi connectivity index (χ0v) is 14.2. The summed E-state index contributed by atoms with van der Waals surface area (Å²) in [4.78, 5) is 0. The highest BCUT2D eigenvalue weighted by Gasteiger charge is 2.25. The quantitative estimate of drug-likeness (QED) is 0.583. The molecule has 0 aromatic rings. The summed E-state index contributed by atoms with van der Waals surface area (Å²) in [6.07, 6.45) is 6.91. The van der Waals surface area contributed by atoms with Gasteiger partial charge >= 0.3 is 0 Å². The average Bonchev–Trinajstić information content (AvgIpc) is 2.23. The summed E-state index contributed by atoms with van der Waals surface area (Å²) in [5.41, 5.74) is 3.73. The minimum atomic E-state index is -1.26. The molecule has 1 unspecified atom stereocenters. The summed E-state index contributed by atoms with van der Waals surface area (Å²) in [6.45, 7) is 13.7. The third-order valence-corrected chi connectivity index (χ3v) is 4.21. The molecule has 1 saturated carbocycles. The van der Waals surface area contributed by atoms with E-state index in [4.69, 9.17) is 0 Å². The van der Waals surface area contributed by atoms with Crippen LogP contribution in [0, 0.1) is 17.4 Å². The molecule has 1 rings (SSSR count). The third-order valence-electron chi connectivity index (χ3n) is 3.31. The molecule has 104 valence electrons. The number of hydrogen-bond donors (Lipinski definition) is 1. The predicted molar refractivity (Wildman–Crippen MR) is 84.4 cm³/mol. The van der Waals surface area contributed by atoms with Crippen LogP contribution in [0.25, 0.3) is 0 Å². The van der Waals surface area contributed by atoms with Crippen molar-refractivity contribution in [3.05, 3.63) is 0 Å². The van der Waals surface area contributed by atoms with E-state index in [9.17, 15) is 0 Å². The van der Waals surface area contributed by atoms with Crippen LogP contribution < -0.4 is 5.32 Å². The van der Waals surface area contributed by atoms with E-state index >= 15 is 0 Å². The fourth-order valence-electron chi connectivity index (χ4n) is 2.50. The van der Waals surface area contributed by atoms with Gasteiger partial charge in [-0.25, -0.2) is 0 Å². The summed E-state index contributed by atoms with van der Waals surface area (Å²) >= 11 is 0. The molecule has 0 aromatic heterocycles. The molecular formula is C16H31NSi. The largest absolute Gasteiger partial charge is 0.299 e. The van der Waals surface area contributed by atoms with Crippen LogP contribution in [-0.2, 0) is 0 Å². The zero-order valence-electron chi connectivity index (χ0n) is 13.2. The van der Waals surface area contributed by atoms with Gasteiger partial charge in [-0.3, -0.25) is 5.32 Å². The van der Waals surface area contributed by atoms with Crippen molar-refractivity contribution in [2.45, 2.75) is 84.1 Å². The maximum Gasteiger partial charge on any atom is 0.129 e. The van der Waals surface area contributed by atoms with Crippen LogP contribution >= 0.6 is 0 Å². The van der Waals surface area contributed by atoms with Gasteiger partial charge in [0.05, 0.1) is 6.04 Å². The first kappa shape index (κ1) is 15.8. The molecule has 0 bridgehead atoms. The third kappa shape index (κ3) is 6.61. The lowest BCUT2D eigenvalue weighted by Crippen LogP contribution is -2.47. The monoisotopic (exact) mass is 265 g/mol. The van der Waals surface area contributed by atoms with Gasteiger partial charge in [-0.15, -0.1) is 5.54 Å². The molecule has 18 heavy (non-hydrogen) atoms. The SMILES string of the molecule is CC(C)(C)NC(C#C[Si](C)(C)C)C1CCCCC1. The lowest BCUT2D eigenvalue weighted by molar-refractivity contribution is 0.266. The van der Waals surface area contributed by atoms with Crippen molar-refractivity contribution < 1.29 is 0 Å². The lowest BCUT2D eigenvalue weighted by atomic mass is 9.83. The predicted octanol–water partition coefficient (Wildman–Crippen LogP) is 4.20. The molecule has 0 amide bonds. The summed E-state index contributed by atoms with van der Waals surface area (Å²) in [7, 11) is -1.26. The van der Waals surface area contributed by atoms with Gasteiger partial charge in [0, 0.05) is 5.54 Å². The molecule has 1 fully saturated rings. The topological polar surface area (TPSA) is 12.0 Å². The second kappa shape index (κ2) is 6.26. The maximum atomic E-state index is 3.75.